The van der Waals surface area contributed by atoms with E-state index >= 15 is 0 Å². The van der Waals surface area contributed by atoms with Gasteiger partial charge in [-0.25, -0.2) is 0 Å². The Morgan fingerprint density at radius 2 is 2.35 bits per heavy atom. The lowest BCUT2D eigenvalue weighted by Gasteiger charge is -2.10. The normalized spacial score (nSPS) is 12.1. The summed E-state index contributed by atoms with van der Waals surface area (Å²) in [6, 6.07) is 3.19. The van der Waals surface area contributed by atoms with Gasteiger partial charge in [0, 0.05) is 0 Å². The van der Waals surface area contributed by atoms with Crippen LogP contribution in [0.25, 0.3) is 0 Å². The Balaban J connectivity index is 2.49. The van der Waals surface area contributed by atoms with Crippen molar-refractivity contribution in [1.29, 1.82) is 0 Å². The summed E-state index contributed by atoms with van der Waals surface area (Å²) in [6.07, 6.45) is 3.25. The van der Waals surface area contributed by atoms with E-state index in [1.807, 2.05) is 0 Å². The van der Waals surface area contributed by atoms with Crippen LogP contribution in [0.15, 0.2) is 18.3 Å². The third kappa shape index (κ3) is 4.60. The second kappa shape index (κ2) is 7.11. The molecule has 1 unspecified atom stereocenters. The summed E-state index contributed by atoms with van der Waals surface area (Å²) in [5, 5.41) is 10.7. The molecule has 0 aromatic carbocycles. The minimum Gasteiger partial charge on any atom is -0.486 e. The maximum absolute atomic E-state index is 10.7. The molecule has 0 saturated carbocycles. The smallest absolute Gasteiger partial charge is 0.406 e. The third-order valence-corrected chi connectivity index (χ3v) is 2.67. The average Bonchev–Trinajstić information content (AvgIpc) is 2.30. The van der Waals surface area contributed by atoms with E-state index in [0.717, 1.165) is 18.6 Å². The van der Waals surface area contributed by atoms with E-state index < -0.39 is 4.92 Å². The van der Waals surface area contributed by atoms with Gasteiger partial charge in [-0.05, 0) is 46.6 Å². The molecule has 94 valence electrons. The van der Waals surface area contributed by atoms with Gasteiger partial charge in [-0.2, -0.15) is 12.6 Å². The maximum atomic E-state index is 10.7. The standard InChI is InChI=1S/C11H16N2O3S/c1-9(5-8-17)4-7-16-10-3-2-6-12-11(10)13(14)15/h2-3,6,9,17H,4-5,7-8H2,1H3. The zero-order valence-corrected chi connectivity index (χ0v) is 10.6. The Morgan fingerprint density at radius 1 is 1.59 bits per heavy atom. The van der Waals surface area contributed by atoms with Gasteiger partial charge in [0.2, 0.25) is 5.75 Å². The SMILES string of the molecule is CC(CCS)CCOc1cccnc1[N+](=O)[O-]. The van der Waals surface area contributed by atoms with Crippen molar-refractivity contribution >= 4 is 18.4 Å². The predicted octanol–water partition coefficient (Wildman–Crippen LogP) is 2.71. The molecule has 1 rings (SSSR count). The Labute approximate surface area is 106 Å². The Kier molecular flexibility index (Phi) is 5.76. The highest BCUT2D eigenvalue weighted by Crippen LogP contribution is 2.23. The maximum Gasteiger partial charge on any atom is 0.406 e. The zero-order valence-electron chi connectivity index (χ0n) is 9.70. The largest absolute Gasteiger partial charge is 0.486 e. The van der Waals surface area contributed by atoms with Crippen LogP contribution in [0, 0.1) is 16.0 Å². The molecule has 0 radical (unpaired) electrons. The molecule has 0 aliphatic heterocycles. The average molecular weight is 256 g/mol. The number of nitro groups is 1. The Morgan fingerprint density at radius 3 is 3.00 bits per heavy atom. The first-order valence-electron chi connectivity index (χ1n) is 5.48. The summed E-state index contributed by atoms with van der Waals surface area (Å²) in [7, 11) is 0. The second-order valence-corrected chi connectivity index (χ2v) is 4.28. The molecule has 0 fully saturated rings. The fourth-order valence-electron chi connectivity index (χ4n) is 1.37. The van der Waals surface area contributed by atoms with Crippen LogP contribution >= 0.6 is 12.6 Å². The second-order valence-electron chi connectivity index (χ2n) is 3.84. The van der Waals surface area contributed by atoms with Gasteiger partial charge in [0.1, 0.15) is 6.20 Å². The molecule has 0 aliphatic carbocycles. The number of hydrogen-bond acceptors (Lipinski definition) is 5. The van der Waals surface area contributed by atoms with Crippen molar-refractivity contribution in [3.63, 3.8) is 0 Å². The van der Waals surface area contributed by atoms with Gasteiger partial charge in [-0.1, -0.05) is 6.92 Å². The molecule has 0 amide bonds. The zero-order chi connectivity index (χ0) is 12.7. The van der Waals surface area contributed by atoms with Crippen molar-refractivity contribution in [3.05, 3.63) is 28.4 Å². The summed E-state index contributed by atoms with van der Waals surface area (Å²) in [4.78, 5) is 13.8. The van der Waals surface area contributed by atoms with Gasteiger partial charge in [0.15, 0.2) is 0 Å². The van der Waals surface area contributed by atoms with E-state index in [1.165, 1.54) is 6.20 Å². The van der Waals surface area contributed by atoms with E-state index in [-0.39, 0.29) is 11.6 Å². The molecular weight excluding hydrogens is 240 g/mol. The van der Waals surface area contributed by atoms with Crippen LogP contribution in [0.3, 0.4) is 0 Å². The minimum atomic E-state index is -0.535. The number of nitrogens with zero attached hydrogens (tertiary/aromatic N) is 2. The van der Waals surface area contributed by atoms with E-state index in [4.69, 9.17) is 4.74 Å². The van der Waals surface area contributed by atoms with E-state index in [2.05, 4.69) is 24.5 Å². The summed E-state index contributed by atoms with van der Waals surface area (Å²) in [5.74, 6) is 1.35. The fourth-order valence-corrected chi connectivity index (χ4v) is 1.81. The molecule has 6 heteroatoms. The molecule has 0 N–H and O–H groups in total. The van der Waals surface area contributed by atoms with Crippen LogP contribution in [0.4, 0.5) is 5.82 Å². The van der Waals surface area contributed by atoms with Crippen LogP contribution in [0.5, 0.6) is 5.75 Å². The van der Waals surface area contributed by atoms with Gasteiger partial charge < -0.3 is 14.9 Å². The first kappa shape index (κ1) is 13.8. The lowest BCUT2D eigenvalue weighted by Crippen LogP contribution is -2.06. The topological polar surface area (TPSA) is 65.3 Å². The van der Waals surface area contributed by atoms with Crippen LogP contribution in [0.2, 0.25) is 0 Å². The number of aromatic nitrogens is 1. The van der Waals surface area contributed by atoms with Gasteiger partial charge in [0.05, 0.1) is 6.61 Å². The molecule has 0 saturated heterocycles. The van der Waals surface area contributed by atoms with Gasteiger partial charge in [-0.3, -0.25) is 0 Å². The highest BCUT2D eigenvalue weighted by Gasteiger charge is 2.15. The highest BCUT2D eigenvalue weighted by atomic mass is 32.1. The summed E-state index contributed by atoms with van der Waals surface area (Å²) in [5.41, 5.74) is 0. The van der Waals surface area contributed by atoms with E-state index in [0.29, 0.717) is 12.5 Å². The molecule has 1 aromatic rings. The van der Waals surface area contributed by atoms with E-state index in [1.54, 1.807) is 12.1 Å². The van der Waals surface area contributed by atoms with Crippen molar-refractivity contribution in [2.45, 2.75) is 19.8 Å². The van der Waals surface area contributed by atoms with Gasteiger partial charge in [0.25, 0.3) is 0 Å². The quantitative estimate of drug-likeness (QED) is 0.463. The number of hydrogen-bond donors (Lipinski definition) is 1. The monoisotopic (exact) mass is 256 g/mol. The summed E-state index contributed by atoms with van der Waals surface area (Å²) in [6.45, 7) is 2.57. The lowest BCUT2D eigenvalue weighted by molar-refractivity contribution is -0.390. The van der Waals surface area contributed by atoms with Gasteiger partial charge >= 0.3 is 5.82 Å². The lowest BCUT2D eigenvalue weighted by atomic mass is 10.1. The molecular formula is C11H16N2O3S. The molecule has 0 spiro atoms. The van der Waals surface area contributed by atoms with Crippen LogP contribution in [-0.4, -0.2) is 22.3 Å². The number of thiol groups is 1. The van der Waals surface area contributed by atoms with Crippen LogP contribution < -0.4 is 4.74 Å². The van der Waals surface area contributed by atoms with Crippen molar-refractivity contribution in [1.82, 2.24) is 4.98 Å². The Hall–Kier alpha value is -1.30. The van der Waals surface area contributed by atoms with Gasteiger partial charge in [-0.15, -0.1) is 0 Å². The highest BCUT2D eigenvalue weighted by molar-refractivity contribution is 7.80. The van der Waals surface area contributed by atoms with Crippen molar-refractivity contribution < 1.29 is 9.66 Å². The first-order valence-corrected chi connectivity index (χ1v) is 6.11. The van der Waals surface area contributed by atoms with Crippen molar-refractivity contribution in [3.8, 4) is 5.75 Å². The van der Waals surface area contributed by atoms with Crippen LogP contribution in [0.1, 0.15) is 19.8 Å². The Bertz CT molecular complexity index is 373. The molecule has 1 atom stereocenters. The van der Waals surface area contributed by atoms with Crippen LogP contribution in [-0.2, 0) is 0 Å². The molecule has 17 heavy (non-hydrogen) atoms. The number of ether oxygens (including phenoxy) is 1. The minimum absolute atomic E-state index is 0.227. The molecule has 0 bridgehead atoms. The first-order chi connectivity index (χ1) is 8.15. The molecule has 0 aliphatic rings. The summed E-state index contributed by atoms with van der Waals surface area (Å²) < 4.78 is 5.39. The molecule has 5 nitrogen and oxygen atoms in total. The summed E-state index contributed by atoms with van der Waals surface area (Å²) >= 11 is 4.16. The molecule has 1 aromatic heterocycles. The fraction of sp³-hybridized carbons (Fsp3) is 0.545. The van der Waals surface area contributed by atoms with E-state index in [9.17, 15) is 10.1 Å². The molecule has 1 heterocycles. The number of pyridine rings is 1. The van der Waals surface area contributed by atoms with Crippen molar-refractivity contribution in [2.24, 2.45) is 5.92 Å². The number of rotatable bonds is 7. The predicted molar refractivity (Wildman–Crippen MR) is 68.6 cm³/mol. The van der Waals surface area contributed by atoms with Crippen molar-refractivity contribution in [2.75, 3.05) is 12.4 Å². The third-order valence-electron chi connectivity index (χ3n) is 2.41.